The van der Waals surface area contributed by atoms with Gasteiger partial charge < -0.3 is 15.7 Å². The average Bonchev–Trinajstić information content (AvgIpc) is 2.85. The highest BCUT2D eigenvalue weighted by atomic mass is 16.3. The predicted molar refractivity (Wildman–Crippen MR) is 127 cm³/mol. The van der Waals surface area contributed by atoms with Crippen molar-refractivity contribution in [2.24, 2.45) is 29.1 Å². The Bertz CT molecular complexity index is 988. The Morgan fingerprint density at radius 1 is 1.18 bits per heavy atom. The van der Waals surface area contributed by atoms with E-state index in [1.54, 1.807) is 12.4 Å². The van der Waals surface area contributed by atoms with Gasteiger partial charge in [0.2, 0.25) is 5.91 Å². The van der Waals surface area contributed by atoms with Crippen LogP contribution in [0.5, 0.6) is 0 Å². The maximum absolute atomic E-state index is 12.9. The Morgan fingerprint density at radius 2 is 1.94 bits per heavy atom. The lowest BCUT2D eigenvalue weighted by atomic mass is 9.51. The van der Waals surface area contributed by atoms with Crippen molar-refractivity contribution in [1.82, 2.24) is 25.6 Å². The van der Waals surface area contributed by atoms with Crippen molar-refractivity contribution < 1.29 is 14.7 Å². The van der Waals surface area contributed by atoms with Crippen LogP contribution in [0.3, 0.4) is 0 Å². The fourth-order valence-corrected chi connectivity index (χ4v) is 6.20. The number of pyridine rings is 1. The molecule has 1 unspecified atom stereocenters. The van der Waals surface area contributed by atoms with E-state index in [1.807, 2.05) is 19.1 Å². The lowest BCUT2D eigenvalue weighted by molar-refractivity contribution is -0.142. The number of hydrogen-bond acceptors (Lipinski definition) is 6. The topological polar surface area (TPSA) is 117 Å². The molecule has 2 aliphatic carbocycles. The number of nitrogens with zero attached hydrogens (tertiary/aromatic N) is 3. The maximum atomic E-state index is 12.9. The molecule has 4 rings (SSSR count). The van der Waals surface area contributed by atoms with Crippen LogP contribution < -0.4 is 10.6 Å². The highest BCUT2D eigenvalue weighted by Gasteiger charge is 2.53. The van der Waals surface area contributed by atoms with Crippen molar-refractivity contribution in [3.63, 3.8) is 0 Å². The second-order valence-electron chi connectivity index (χ2n) is 10.3. The quantitative estimate of drug-likeness (QED) is 0.604. The molecule has 0 radical (unpaired) electrons. The summed E-state index contributed by atoms with van der Waals surface area (Å²) in [7, 11) is 0. The van der Waals surface area contributed by atoms with Gasteiger partial charge in [0.15, 0.2) is 0 Å². The summed E-state index contributed by atoms with van der Waals surface area (Å²) in [5, 5.41) is 17.7. The van der Waals surface area contributed by atoms with E-state index < -0.39 is 6.10 Å². The average molecular weight is 466 g/mol. The van der Waals surface area contributed by atoms with Crippen LogP contribution in [0.1, 0.15) is 62.5 Å². The second-order valence-corrected chi connectivity index (χ2v) is 10.3. The maximum Gasteiger partial charge on any atom is 0.271 e. The smallest absolute Gasteiger partial charge is 0.271 e. The molecule has 34 heavy (non-hydrogen) atoms. The molecule has 3 N–H and O–H groups in total. The number of aliphatic hydroxyl groups excluding tert-OH is 1. The molecule has 8 nitrogen and oxygen atoms in total. The summed E-state index contributed by atoms with van der Waals surface area (Å²) >= 11 is 0. The van der Waals surface area contributed by atoms with Gasteiger partial charge in [-0.3, -0.25) is 19.6 Å². The van der Waals surface area contributed by atoms with E-state index in [0.717, 1.165) is 31.2 Å². The molecule has 0 saturated heterocycles. The van der Waals surface area contributed by atoms with Crippen LogP contribution in [0.4, 0.5) is 0 Å². The highest BCUT2D eigenvalue weighted by Crippen LogP contribution is 2.55. The number of aromatic nitrogens is 3. The Labute approximate surface area is 201 Å². The van der Waals surface area contributed by atoms with Gasteiger partial charge in [-0.25, -0.2) is 4.98 Å². The molecule has 2 aliphatic rings. The molecule has 7 atom stereocenters. The lowest BCUT2D eigenvalue weighted by Gasteiger charge is -2.56. The SMILES string of the molecule is C[C@H]1[C@@H]2[C@@H](O)C([C@H](C)C(=O)NCc3cccnc3)CC[C@@]2(C)CC[C@@H]1NC(=O)c1cnccn1. The molecule has 0 bridgehead atoms. The number of rotatable bonds is 6. The summed E-state index contributed by atoms with van der Waals surface area (Å²) in [6, 6.07) is 3.72. The third kappa shape index (κ3) is 4.97. The molecule has 2 amide bonds. The monoisotopic (exact) mass is 465 g/mol. The van der Waals surface area contributed by atoms with E-state index in [1.165, 1.54) is 18.6 Å². The molecule has 0 spiro atoms. The van der Waals surface area contributed by atoms with Crippen molar-refractivity contribution in [1.29, 1.82) is 0 Å². The van der Waals surface area contributed by atoms with Crippen LogP contribution >= 0.6 is 0 Å². The zero-order chi connectivity index (χ0) is 24.3. The number of nitrogens with one attached hydrogen (secondary N) is 2. The van der Waals surface area contributed by atoms with Crippen LogP contribution in [-0.4, -0.2) is 44.0 Å². The number of aliphatic hydroxyl groups is 1. The molecule has 8 heteroatoms. The lowest BCUT2D eigenvalue weighted by Crippen LogP contribution is -2.58. The van der Waals surface area contributed by atoms with E-state index in [-0.39, 0.29) is 46.9 Å². The van der Waals surface area contributed by atoms with E-state index >= 15 is 0 Å². The molecular formula is C26H35N5O3. The summed E-state index contributed by atoms with van der Waals surface area (Å²) in [5.41, 5.74) is 1.24. The largest absolute Gasteiger partial charge is 0.392 e. The molecule has 0 aliphatic heterocycles. The van der Waals surface area contributed by atoms with Crippen LogP contribution in [0.2, 0.25) is 0 Å². The van der Waals surface area contributed by atoms with Gasteiger partial charge in [0.05, 0.1) is 12.3 Å². The van der Waals surface area contributed by atoms with Gasteiger partial charge in [-0.05, 0) is 60.5 Å². The summed E-state index contributed by atoms with van der Waals surface area (Å²) in [5.74, 6) is -0.642. The minimum absolute atomic E-state index is 0.000677. The van der Waals surface area contributed by atoms with Crippen molar-refractivity contribution in [3.8, 4) is 0 Å². The minimum Gasteiger partial charge on any atom is -0.392 e. The minimum atomic E-state index is -0.607. The van der Waals surface area contributed by atoms with Gasteiger partial charge in [0.25, 0.3) is 5.91 Å². The Balaban J connectivity index is 1.42. The first-order valence-electron chi connectivity index (χ1n) is 12.2. The second kappa shape index (κ2) is 10.2. The van der Waals surface area contributed by atoms with E-state index in [2.05, 4.69) is 39.4 Å². The van der Waals surface area contributed by atoms with Crippen molar-refractivity contribution in [2.75, 3.05) is 0 Å². The standard InChI is InChI=1S/C26H35N5O3/c1-16(24(33)30-14-18-5-4-10-27-13-18)19-6-8-26(3)9-7-20(17(2)22(26)23(19)32)31-25(34)21-15-28-11-12-29-21/h4-5,10-13,15-17,19-20,22-23,32H,6-9,14H2,1-3H3,(H,30,33)(H,31,34)/t16-,17+,19?,20-,22+,23-,26-/m0/s1. The van der Waals surface area contributed by atoms with Crippen LogP contribution in [-0.2, 0) is 11.3 Å². The normalized spacial score (nSPS) is 31.7. The molecule has 2 fully saturated rings. The van der Waals surface area contributed by atoms with E-state index in [0.29, 0.717) is 12.2 Å². The number of carbonyl (C=O) groups is 2. The Morgan fingerprint density at radius 3 is 2.65 bits per heavy atom. The van der Waals surface area contributed by atoms with Crippen LogP contribution in [0.15, 0.2) is 43.1 Å². The Kier molecular flexibility index (Phi) is 7.26. The van der Waals surface area contributed by atoms with E-state index in [9.17, 15) is 14.7 Å². The number of hydrogen-bond donors (Lipinski definition) is 3. The Hall–Kier alpha value is -2.87. The molecule has 2 aromatic rings. The van der Waals surface area contributed by atoms with Crippen molar-refractivity contribution in [2.45, 2.75) is 65.1 Å². The van der Waals surface area contributed by atoms with Gasteiger partial charge in [0.1, 0.15) is 5.69 Å². The van der Waals surface area contributed by atoms with Crippen LogP contribution in [0.25, 0.3) is 0 Å². The third-order valence-electron chi connectivity index (χ3n) is 8.25. The van der Waals surface area contributed by atoms with Crippen molar-refractivity contribution >= 4 is 11.8 Å². The van der Waals surface area contributed by atoms with Crippen molar-refractivity contribution in [3.05, 3.63) is 54.4 Å². The molecule has 182 valence electrons. The van der Waals surface area contributed by atoms with E-state index in [4.69, 9.17) is 0 Å². The van der Waals surface area contributed by atoms with Crippen LogP contribution in [0, 0.1) is 29.1 Å². The molecule has 0 aromatic carbocycles. The summed E-state index contributed by atoms with van der Waals surface area (Å²) < 4.78 is 0. The summed E-state index contributed by atoms with van der Waals surface area (Å²) in [4.78, 5) is 37.8. The van der Waals surface area contributed by atoms with Gasteiger partial charge in [-0.1, -0.05) is 26.8 Å². The highest BCUT2D eigenvalue weighted by molar-refractivity contribution is 5.92. The zero-order valence-electron chi connectivity index (χ0n) is 20.1. The molecule has 2 aromatic heterocycles. The number of amides is 2. The molecule has 2 saturated carbocycles. The molecule has 2 heterocycles. The number of carbonyl (C=O) groups excluding carboxylic acids is 2. The zero-order valence-corrected chi connectivity index (χ0v) is 20.1. The van der Waals surface area contributed by atoms with Gasteiger partial charge in [-0.2, -0.15) is 0 Å². The summed E-state index contributed by atoms with van der Waals surface area (Å²) in [6.45, 7) is 6.70. The van der Waals surface area contributed by atoms with Gasteiger partial charge in [0, 0.05) is 43.3 Å². The summed E-state index contributed by atoms with van der Waals surface area (Å²) in [6.07, 6.45) is 10.9. The third-order valence-corrected chi connectivity index (χ3v) is 8.25. The van der Waals surface area contributed by atoms with Gasteiger partial charge in [-0.15, -0.1) is 0 Å². The predicted octanol–water partition coefficient (Wildman–Crippen LogP) is 2.75. The first-order valence-corrected chi connectivity index (χ1v) is 12.2. The first-order chi connectivity index (χ1) is 16.3. The van der Waals surface area contributed by atoms with Gasteiger partial charge >= 0.3 is 0 Å². The fraction of sp³-hybridized carbons (Fsp3) is 0.577. The molecular weight excluding hydrogens is 430 g/mol. The number of fused-ring (bicyclic) bond motifs is 1. The fourth-order valence-electron chi connectivity index (χ4n) is 6.20. The first kappa shape index (κ1) is 24.3.